The standard InChI is InChI=1S/C19H20N2OS/c1-12(2)15-7-8-16-17(11-15)23-19(20-16)21-18(22)10-14-6-4-5-13(3)9-14/h4-9,11-12H,10H2,1-3H3,(H,20,21,22). The SMILES string of the molecule is Cc1cccc(CC(=O)Nc2nc3ccc(C(C)C)cc3s2)c1. The maximum atomic E-state index is 12.2. The Bertz CT molecular complexity index is 851. The topological polar surface area (TPSA) is 42.0 Å². The van der Waals surface area contributed by atoms with E-state index in [2.05, 4.69) is 36.3 Å². The van der Waals surface area contributed by atoms with Crippen LogP contribution in [0.25, 0.3) is 10.2 Å². The molecule has 1 N–H and O–H groups in total. The first kappa shape index (κ1) is 15.7. The summed E-state index contributed by atoms with van der Waals surface area (Å²) >= 11 is 1.53. The van der Waals surface area contributed by atoms with Crippen LogP contribution in [0.3, 0.4) is 0 Å². The molecule has 0 saturated carbocycles. The molecule has 0 saturated heterocycles. The van der Waals surface area contributed by atoms with E-state index >= 15 is 0 Å². The fraction of sp³-hybridized carbons (Fsp3) is 0.263. The van der Waals surface area contributed by atoms with E-state index in [9.17, 15) is 4.79 Å². The number of amides is 1. The molecule has 1 amide bonds. The molecule has 3 nitrogen and oxygen atoms in total. The number of aryl methyl sites for hydroxylation is 1. The molecule has 0 unspecified atom stereocenters. The van der Waals surface area contributed by atoms with Gasteiger partial charge in [-0.2, -0.15) is 0 Å². The van der Waals surface area contributed by atoms with Crippen molar-refractivity contribution in [3.8, 4) is 0 Å². The minimum absolute atomic E-state index is 0.0289. The molecule has 0 aliphatic rings. The highest BCUT2D eigenvalue weighted by molar-refractivity contribution is 7.22. The van der Waals surface area contributed by atoms with Crippen molar-refractivity contribution in [2.45, 2.75) is 33.1 Å². The lowest BCUT2D eigenvalue weighted by atomic mass is 10.0. The van der Waals surface area contributed by atoms with Crippen LogP contribution in [0.4, 0.5) is 5.13 Å². The summed E-state index contributed by atoms with van der Waals surface area (Å²) in [4.78, 5) is 16.7. The van der Waals surface area contributed by atoms with Crippen LogP contribution in [0.5, 0.6) is 0 Å². The van der Waals surface area contributed by atoms with Crippen molar-refractivity contribution in [2.24, 2.45) is 0 Å². The Labute approximate surface area is 140 Å². The summed E-state index contributed by atoms with van der Waals surface area (Å²) in [7, 11) is 0. The van der Waals surface area contributed by atoms with Crippen molar-refractivity contribution in [2.75, 3.05) is 5.32 Å². The molecule has 4 heteroatoms. The highest BCUT2D eigenvalue weighted by Crippen LogP contribution is 2.29. The molecule has 0 bridgehead atoms. The fourth-order valence-corrected chi connectivity index (χ4v) is 3.46. The average molecular weight is 324 g/mol. The second-order valence-electron chi connectivity index (χ2n) is 6.11. The van der Waals surface area contributed by atoms with Crippen molar-refractivity contribution >= 4 is 32.6 Å². The summed E-state index contributed by atoms with van der Waals surface area (Å²) in [5, 5.41) is 3.58. The molecule has 3 aromatic rings. The molecular formula is C19H20N2OS. The zero-order valence-electron chi connectivity index (χ0n) is 13.6. The third-order valence-electron chi connectivity index (χ3n) is 3.77. The zero-order chi connectivity index (χ0) is 16.4. The van der Waals surface area contributed by atoms with Crippen molar-refractivity contribution in [3.63, 3.8) is 0 Å². The number of nitrogens with one attached hydrogen (secondary N) is 1. The van der Waals surface area contributed by atoms with Crippen molar-refractivity contribution in [1.29, 1.82) is 0 Å². The molecule has 0 aliphatic heterocycles. The number of anilines is 1. The average Bonchev–Trinajstić information content (AvgIpc) is 2.87. The lowest BCUT2D eigenvalue weighted by Gasteiger charge is -2.03. The maximum absolute atomic E-state index is 12.2. The van der Waals surface area contributed by atoms with E-state index in [1.165, 1.54) is 16.9 Å². The van der Waals surface area contributed by atoms with Gasteiger partial charge in [-0.15, -0.1) is 0 Å². The largest absolute Gasteiger partial charge is 0.302 e. The number of thiazole rings is 1. The van der Waals surface area contributed by atoms with Gasteiger partial charge in [0.25, 0.3) is 0 Å². The van der Waals surface area contributed by atoms with Gasteiger partial charge in [0.05, 0.1) is 16.6 Å². The third-order valence-corrected chi connectivity index (χ3v) is 4.71. The molecule has 3 rings (SSSR count). The van der Waals surface area contributed by atoms with Gasteiger partial charge in [0.2, 0.25) is 5.91 Å². The van der Waals surface area contributed by atoms with Crippen LogP contribution in [0.15, 0.2) is 42.5 Å². The number of hydrogen-bond acceptors (Lipinski definition) is 3. The summed E-state index contributed by atoms with van der Waals surface area (Å²) < 4.78 is 1.11. The van der Waals surface area contributed by atoms with Gasteiger partial charge in [-0.3, -0.25) is 4.79 Å². The van der Waals surface area contributed by atoms with Gasteiger partial charge in [-0.25, -0.2) is 4.98 Å². The van der Waals surface area contributed by atoms with Gasteiger partial charge in [-0.1, -0.05) is 61.1 Å². The Morgan fingerprint density at radius 1 is 1.22 bits per heavy atom. The molecule has 2 aromatic carbocycles. The number of hydrogen-bond donors (Lipinski definition) is 1. The highest BCUT2D eigenvalue weighted by atomic mass is 32.1. The highest BCUT2D eigenvalue weighted by Gasteiger charge is 2.10. The predicted octanol–water partition coefficient (Wildman–Crippen LogP) is 4.91. The molecule has 0 aliphatic carbocycles. The molecule has 1 aromatic heterocycles. The smallest absolute Gasteiger partial charge is 0.230 e. The van der Waals surface area contributed by atoms with E-state index in [0.29, 0.717) is 17.5 Å². The van der Waals surface area contributed by atoms with Crippen molar-refractivity contribution in [1.82, 2.24) is 4.98 Å². The van der Waals surface area contributed by atoms with E-state index in [4.69, 9.17) is 0 Å². The molecule has 118 valence electrons. The van der Waals surface area contributed by atoms with Gasteiger partial charge in [0.15, 0.2) is 5.13 Å². The van der Waals surface area contributed by atoms with Crippen LogP contribution in [0.2, 0.25) is 0 Å². The van der Waals surface area contributed by atoms with Crippen LogP contribution < -0.4 is 5.32 Å². The van der Waals surface area contributed by atoms with E-state index < -0.39 is 0 Å². The number of nitrogens with zero attached hydrogens (tertiary/aromatic N) is 1. The Balaban J connectivity index is 1.74. The summed E-state index contributed by atoms with van der Waals surface area (Å²) in [6.07, 6.45) is 0.370. The number of fused-ring (bicyclic) bond motifs is 1. The first-order chi connectivity index (χ1) is 11.0. The number of carbonyl (C=O) groups excluding carboxylic acids is 1. The van der Waals surface area contributed by atoms with Crippen LogP contribution >= 0.6 is 11.3 Å². The minimum Gasteiger partial charge on any atom is -0.302 e. The van der Waals surface area contributed by atoms with Crippen molar-refractivity contribution in [3.05, 3.63) is 59.2 Å². The molecule has 0 atom stereocenters. The van der Waals surface area contributed by atoms with Gasteiger partial charge in [0, 0.05) is 0 Å². The van der Waals surface area contributed by atoms with E-state index in [1.54, 1.807) is 0 Å². The molecule has 0 spiro atoms. The monoisotopic (exact) mass is 324 g/mol. The molecule has 1 heterocycles. The van der Waals surface area contributed by atoms with Crippen LogP contribution in [-0.2, 0) is 11.2 Å². The Morgan fingerprint density at radius 2 is 2.04 bits per heavy atom. The predicted molar refractivity (Wildman–Crippen MR) is 97.2 cm³/mol. The minimum atomic E-state index is -0.0289. The van der Waals surface area contributed by atoms with Gasteiger partial charge in [-0.05, 0) is 36.1 Å². The molecule has 0 radical (unpaired) electrons. The first-order valence-corrected chi connectivity index (χ1v) is 8.59. The molecule has 23 heavy (non-hydrogen) atoms. The third kappa shape index (κ3) is 3.77. The van der Waals surface area contributed by atoms with Crippen LogP contribution in [0, 0.1) is 6.92 Å². The van der Waals surface area contributed by atoms with E-state index in [-0.39, 0.29) is 5.91 Å². The Kier molecular flexibility index (Phi) is 4.44. The van der Waals surface area contributed by atoms with E-state index in [0.717, 1.165) is 21.3 Å². The second kappa shape index (κ2) is 6.50. The van der Waals surface area contributed by atoms with Gasteiger partial charge < -0.3 is 5.32 Å². The number of carbonyl (C=O) groups is 1. The second-order valence-corrected chi connectivity index (χ2v) is 7.15. The zero-order valence-corrected chi connectivity index (χ0v) is 14.4. The summed E-state index contributed by atoms with van der Waals surface area (Å²) in [6, 6.07) is 14.3. The number of aromatic nitrogens is 1. The summed E-state index contributed by atoms with van der Waals surface area (Å²) in [5.74, 6) is 0.458. The van der Waals surface area contributed by atoms with Crippen molar-refractivity contribution < 1.29 is 4.79 Å². The summed E-state index contributed by atoms with van der Waals surface area (Å²) in [5.41, 5.74) is 4.41. The van der Waals surface area contributed by atoms with Gasteiger partial charge >= 0.3 is 0 Å². The van der Waals surface area contributed by atoms with Gasteiger partial charge in [0.1, 0.15) is 0 Å². The quantitative estimate of drug-likeness (QED) is 0.741. The number of benzene rings is 2. The molecular weight excluding hydrogens is 304 g/mol. The number of rotatable bonds is 4. The Morgan fingerprint density at radius 3 is 2.78 bits per heavy atom. The first-order valence-electron chi connectivity index (χ1n) is 7.77. The Hall–Kier alpha value is -2.20. The lowest BCUT2D eigenvalue weighted by molar-refractivity contribution is -0.115. The van der Waals surface area contributed by atoms with Crippen LogP contribution in [-0.4, -0.2) is 10.9 Å². The normalized spacial score (nSPS) is 11.1. The van der Waals surface area contributed by atoms with Crippen LogP contribution in [0.1, 0.15) is 36.5 Å². The van der Waals surface area contributed by atoms with E-state index in [1.807, 2.05) is 37.3 Å². The maximum Gasteiger partial charge on any atom is 0.230 e. The fourth-order valence-electron chi connectivity index (χ4n) is 2.52. The summed E-state index contributed by atoms with van der Waals surface area (Å²) in [6.45, 7) is 6.38. The lowest BCUT2D eigenvalue weighted by Crippen LogP contribution is -2.14. The molecule has 0 fully saturated rings.